The van der Waals surface area contributed by atoms with Crippen molar-refractivity contribution in [2.45, 2.75) is 19.1 Å². The van der Waals surface area contributed by atoms with Crippen LogP contribution < -0.4 is 11.1 Å². The molecular weight excluding hydrogens is 208 g/mol. The van der Waals surface area contributed by atoms with Crippen molar-refractivity contribution in [2.75, 3.05) is 13.7 Å². The molecule has 0 saturated heterocycles. The molecule has 0 spiro atoms. The van der Waals surface area contributed by atoms with Crippen LogP contribution in [0, 0.1) is 0 Å². The highest BCUT2D eigenvalue weighted by Crippen LogP contribution is 1.97. The van der Waals surface area contributed by atoms with E-state index in [0.29, 0.717) is 13.1 Å². The Morgan fingerprint density at radius 2 is 2.50 bits per heavy atom. The molecule has 6 nitrogen and oxygen atoms in total. The number of hydrogen-bond donors (Lipinski definition) is 2. The zero-order chi connectivity index (χ0) is 12.0. The van der Waals surface area contributed by atoms with Crippen LogP contribution in [0.2, 0.25) is 0 Å². The summed E-state index contributed by atoms with van der Waals surface area (Å²) >= 11 is 0. The number of imidazole rings is 1. The summed E-state index contributed by atoms with van der Waals surface area (Å²) in [6.45, 7) is 0.760. The zero-order valence-corrected chi connectivity index (χ0v) is 9.64. The van der Waals surface area contributed by atoms with Crippen molar-refractivity contribution in [1.82, 2.24) is 14.9 Å². The highest BCUT2D eigenvalue weighted by molar-refractivity contribution is 5.76. The summed E-state index contributed by atoms with van der Waals surface area (Å²) in [6.07, 6.45) is 3.58. The third-order valence-electron chi connectivity index (χ3n) is 2.37. The number of nitrogens with zero attached hydrogens (tertiary/aromatic N) is 2. The van der Waals surface area contributed by atoms with Gasteiger partial charge in [-0.3, -0.25) is 4.79 Å². The first-order valence-corrected chi connectivity index (χ1v) is 5.13. The number of methoxy groups -OCH3 is 1. The van der Waals surface area contributed by atoms with E-state index in [0.717, 1.165) is 5.82 Å². The number of nitrogens with two attached hydrogens (primary N) is 1. The highest BCUT2D eigenvalue weighted by Gasteiger charge is 2.11. The molecule has 0 aliphatic carbocycles. The van der Waals surface area contributed by atoms with Gasteiger partial charge in [-0.05, 0) is 0 Å². The SMILES string of the molecule is COC(CN)CC(=O)NCc1nccn1C. The highest BCUT2D eigenvalue weighted by atomic mass is 16.5. The monoisotopic (exact) mass is 226 g/mol. The molecule has 1 aromatic rings. The summed E-state index contributed by atoms with van der Waals surface area (Å²) in [6, 6.07) is 0. The van der Waals surface area contributed by atoms with E-state index in [-0.39, 0.29) is 18.4 Å². The minimum Gasteiger partial charge on any atom is -0.380 e. The molecule has 0 bridgehead atoms. The van der Waals surface area contributed by atoms with Crippen LogP contribution in [0.25, 0.3) is 0 Å². The minimum absolute atomic E-state index is 0.0831. The maximum atomic E-state index is 11.5. The van der Waals surface area contributed by atoms with Crippen molar-refractivity contribution >= 4 is 5.91 Å². The average molecular weight is 226 g/mol. The topological polar surface area (TPSA) is 82.2 Å². The third kappa shape index (κ3) is 3.63. The summed E-state index contributed by atoms with van der Waals surface area (Å²) in [7, 11) is 3.43. The lowest BCUT2D eigenvalue weighted by Gasteiger charge is -2.12. The van der Waals surface area contributed by atoms with Gasteiger partial charge in [-0.15, -0.1) is 0 Å². The minimum atomic E-state index is -0.221. The van der Waals surface area contributed by atoms with E-state index < -0.39 is 0 Å². The predicted molar refractivity (Wildman–Crippen MR) is 59.5 cm³/mol. The van der Waals surface area contributed by atoms with Gasteiger partial charge in [0.1, 0.15) is 5.82 Å². The fraction of sp³-hybridized carbons (Fsp3) is 0.600. The average Bonchev–Trinajstić information content (AvgIpc) is 2.69. The van der Waals surface area contributed by atoms with E-state index >= 15 is 0 Å². The van der Waals surface area contributed by atoms with Gasteiger partial charge in [-0.1, -0.05) is 0 Å². The van der Waals surface area contributed by atoms with Gasteiger partial charge in [-0.25, -0.2) is 4.98 Å². The van der Waals surface area contributed by atoms with Crippen molar-refractivity contribution in [3.8, 4) is 0 Å². The molecule has 1 heterocycles. The van der Waals surface area contributed by atoms with Crippen molar-refractivity contribution < 1.29 is 9.53 Å². The Bertz CT molecular complexity index is 333. The number of amides is 1. The predicted octanol–water partition coefficient (Wildman–Crippen LogP) is -0.600. The zero-order valence-electron chi connectivity index (χ0n) is 9.64. The van der Waals surface area contributed by atoms with Crippen molar-refractivity contribution in [2.24, 2.45) is 12.8 Å². The molecule has 0 aliphatic heterocycles. The first-order chi connectivity index (χ1) is 7.67. The first-order valence-electron chi connectivity index (χ1n) is 5.13. The van der Waals surface area contributed by atoms with Crippen molar-refractivity contribution in [1.29, 1.82) is 0 Å². The van der Waals surface area contributed by atoms with E-state index in [9.17, 15) is 4.79 Å². The quantitative estimate of drug-likeness (QED) is 0.678. The molecule has 1 aromatic heterocycles. The Hall–Kier alpha value is -1.40. The lowest BCUT2D eigenvalue weighted by Crippen LogP contribution is -2.32. The summed E-state index contributed by atoms with van der Waals surface area (Å²) < 4.78 is 6.88. The lowest BCUT2D eigenvalue weighted by atomic mass is 10.2. The van der Waals surface area contributed by atoms with E-state index in [1.807, 2.05) is 17.8 Å². The molecule has 1 unspecified atom stereocenters. The van der Waals surface area contributed by atoms with Crippen molar-refractivity contribution in [3.05, 3.63) is 18.2 Å². The number of ether oxygens (including phenoxy) is 1. The number of aromatic nitrogens is 2. The van der Waals surface area contributed by atoms with Crippen LogP contribution in [0.3, 0.4) is 0 Å². The second-order valence-corrected chi connectivity index (χ2v) is 3.53. The molecule has 16 heavy (non-hydrogen) atoms. The molecule has 0 aliphatic rings. The second-order valence-electron chi connectivity index (χ2n) is 3.53. The number of hydrogen-bond acceptors (Lipinski definition) is 4. The van der Waals surface area contributed by atoms with E-state index in [1.165, 1.54) is 0 Å². The fourth-order valence-corrected chi connectivity index (χ4v) is 1.29. The molecule has 1 atom stereocenters. The van der Waals surface area contributed by atoms with E-state index in [1.54, 1.807) is 13.3 Å². The Labute approximate surface area is 94.8 Å². The maximum Gasteiger partial charge on any atom is 0.223 e. The van der Waals surface area contributed by atoms with Gasteiger partial charge in [0.05, 0.1) is 19.1 Å². The molecule has 3 N–H and O–H groups in total. The Kier molecular flexibility index (Phi) is 4.94. The van der Waals surface area contributed by atoms with Gasteiger partial charge < -0.3 is 20.4 Å². The molecule has 6 heteroatoms. The fourth-order valence-electron chi connectivity index (χ4n) is 1.29. The summed E-state index contributed by atoms with van der Waals surface area (Å²) in [5.74, 6) is 0.732. The van der Waals surface area contributed by atoms with Crippen LogP contribution >= 0.6 is 0 Å². The summed E-state index contributed by atoms with van der Waals surface area (Å²) in [4.78, 5) is 15.6. The summed E-state index contributed by atoms with van der Waals surface area (Å²) in [5.41, 5.74) is 5.42. The smallest absolute Gasteiger partial charge is 0.223 e. The van der Waals surface area contributed by atoms with Gasteiger partial charge >= 0.3 is 0 Å². The normalized spacial score (nSPS) is 12.4. The molecule has 90 valence electrons. The summed E-state index contributed by atoms with van der Waals surface area (Å²) in [5, 5.41) is 2.77. The molecule has 1 amide bonds. The maximum absolute atomic E-state index is 11.5. The van der Waals surface area contributed by atoms with Gasteiger partial charge in [0.15, 0.2) is 0 Å². The van der Waals surface area contributed by atoms with Gasteiger partial charge in [-0.2, -0.15) is 0 Å². The van der Waals surface area contributed by atoms with Gasteiger partial charge in [0, 0.05) is 33.1 Å². The number of aryl methyl sites for hydroxylation is 1. The van der Waals surface area contributed by atoms with Crippen LogP contribution in [0.1, 0.15) is 12.2 Å². The molecule has 0 aromatic carbocycles. The van der Waals surface area contributed by atoms with Crippen LogP contribution in [-0.4, -0.2) is 35.2 Å². The van der Waals surface area contributed by atoms with E-state index in [2.05, 4.69) is 10.3 Å². The molecular formula is C10H18N4O2. The standard InChI is InChI=1S/C10H18N4O2/c1-14-4-3-12-9(14)7-13-10(15)5-8(6-11)16-2/h3-4,8H,5-7,11H2,1-2H3,(H,13,15). The van der Waals surface area contributed by atoms with Crippen LogP contribution in [0.5, 0.6) is 0 Å². The molecule has 1 rings (SSSR count). The molecule has 0 radical (unpaired) electrons. The first kappa shape index (κ1) is 12.7. The third-order valence-corrected chi connectivity index (χ3v) is 2.37. The van der Waals surface area contributed by atoms with Crippen molar-refractivity contribution in [3.63, 3.8) is 0 Å². The van der Waals surface area contributed by atoms with Crippen LogP contribution in [-0.2, 0) is 23.1 Å². The largest absolute Gasteiger partial charge is 0.380 e. The van der Waals surface area contributed by atoms with Gasteiger partial charge in [0.25, 0.3) is 0 Å². The second kappa shape index (κ2) is 6.24. The van der Waals surface area contributed by atoms with Crippen LogP contribution in [0.4, 0.5) is 0 Å². The number of rotatable bonds is 6. The number of carbonyl (C=O) groups excluding carboxylic acids is 1. The lowest BCUT2D eigenvalue weighted by molar-refractivity contribution is -0.123. The Morgan fingerprint density at radius 1 is 1.75 bits per heavy atom. The van der Waals surface area contributed by atoms with E-state index in [4.69, 9.17) is 10.5 Å². The number of nitrogens with one attached hydrogen (secondary N) is 1. The molecule has 0 fully saturated rings. The Morgan fingerprint density at radius 3 is 3.00 bits per heavy atom. The number of carbonyl (C=O) groups is 1. The van der Waals surface area contributed by atoms with Gasteiger partial charge in [0.2, 0.25) is 5.91 Å². The van der Waals surface area contributed by atoms with Crippen LogP contribution in [0.15, 0.2) is 12.4 Å². The molecule has 0 saturated carbocycles. The Balaban J connectivity index is 2.33.